The van der Waals surface area contributed by atoms with Gasteiger partial charge in [0.1, 0.15) is 0 Å². The summed E-state index contributed by atoms with van der Waals surface area (Å²) in [5.74, 6) is -1.56. The highest BCUT2D eigenvalue weighted by molar-refractivity contribution is 6.08. The van der Waals surface area contributed by atoms with Gasteiger partial charge >= 0.3 is 5.97 Å². The second-order valence-electron chi connectivity index (χ2n) is 6.48. The van der Waals surface area contributed by atoms with Crippen molar-refractivity contribution in [3.05, 3.63) is 83.4 Å². The Hall–Kier alpha value is -3.93. The summed E-state index contributed by atoms with van der Waals surface area (Å²) in [7, 11) is 0. The van der Waals surface area contributed by atoms with Crippen LogP contribution in [0.25, 0.3) is 11.1 Å². The van der Waals surface area contributed by atoms with Crippen LogP contribution >= 0.6 is 0 Å². The predicted molar refractivity (Wildman–Crippen MR) is 106 cm³/mol. The molecule has 28 heavy (non-hydrogen) atoms. The van der Waals surface area contributed by atoms with Crippen LogP contribution in [0.1, 0.15) is 26.3 Å². The zero-order valence-corrected chi connectivity index (χ0v) is 14.7. The van der Waals surface area contributed by atoms with Crippen LogP contribution in [0.2, 0.25) is 0 Å². The normalized spacial score (nSPS) is 12.2. The quantitative estimate of drug-likeness (QED) is 0.649. The first kappa shape index (κ1) is 17.5. The first-order chi connectivity index (χ1) is 13.5. The highest BCUT2D eigenvalue weighted by Gasteiger charge is 2.19. The second kappa shape index (κ2) is 7.00. The van der Waals surface area contributed by atoms with Crippen LogP contribution < -0.4 is 10.6 Å². The zero-order chi connectivity index (χ0) is 19.7. The van der Waals surface area contributed by atoms with E-state index in [4.69, 9.17) is 0 Å². The average molecular weight is 372 g/mol. The minimum absolute atomic E-state index is 0.00559. The first-order valence-corrected chi connectivity index (χ1v) is 8.68. The van der Waals surface area contributed by atoms with Gasteiger partial charge in [-0.2, -0.15) is 0 Å². The Bertz CT molecular complexity index is 1110. The fraction of sp³-hybridized carbons (Fsp3) is 0.0455. The molecular formula is C22H16N2O4. The average Bonchev–Trinajstić information content (AvgIpc) is 3.07. The summed E-state index contributed by atoms with van der Waals surface area (Å²) in [5, 5.41) is 14.9. The van der Waals surface area contributed by atoms with Crippen LogP contribution in [0.3, 0.4) is 0 Å². The minimum atomic E-state index is -1.13. The minimum Gasteiger partial charge on any atom is -0.478 e. The molecule has 6 heteroatoms. The molecule has 0 spiro atoms. The van der Waals surface area contributed by atoms with Crippen LogP contribution in [0, 0.1) is 0 Å². The summed E-state index contributed by atoms with van der Waals surface area (Å²) in [6, 6.07) is 18.9. The number of nitrogens with one attached hydrogen (secondary N) is 2. The van der Waals surface area contributed by atoms with E-state index in [9.17, 15) is 19.5 Å². The molecule has 0 saturated heterocycles. The Morgan fingerprint density at radius 1 is 0.929 bits per heavy atom. The Labute approximate surface area is 160 Å². The molecular weight excluding hydrogens is 356 g/mol. The molecule has 0 aromatic heterocycles. The number of rotatable bonds is 4. The van der Waals surface area contributed by atoms with Crippen molar-refractivity contribution in [2.75, 3.05) is 10.6 Å². The van der Waals surface area contributed by atoms with Gasteiger partial charge in [-0.05, 0) is 53.1 Å². The molecule has 3 aromatic rings. The van der Waals surface area contributed by atoms with Crippen molar-refractivity contribution < 1.29 is 19.5 Å². The van der Waals surface area contributed by atoms with Crippen LogP contribution in [0.4, 0.5) is 11.4 Å². The van der Waals surface area contributed by atoms with Gasteiger partial charge in [0.2, 0.25) is 5.91 Å². The lowest BCUT2D eigenvalue weighted by Crippen LogP contribution is -2.14. The number of carboxylic acid groups (broad SMARTS) is 1. The third kappa shape index (κ3) is 3.35. The van der Waals surface area contributed by atoms with Gasteiger partial charge in [0.15, 0.2) is 0 Å². The maximum atomic E-state index is 12.5. The lowest BCUT2D eigenvalue weighted by atomic mass is 9.99. The molecule has 1 aliphatic heterocycles. The lowest BCUT2D eigenvalue weighted by molar-refractivity contribution is -0.115. The number of carboxylic acids is 1. The number of amides is 2. The number of hydrogen-bond acceptors (Lipinski definition) is 3. The number of carbonyl (C=O) groups excluding carboxylic acids is 2. The van der Waals surface area contributed by atoms with E-state index in [0.717, 1.165) is 22.4 Å². The number of benzene rings is 3. The van der Waals surface area contributed by atoms with E-state index in [-0.39, 0.29) is 23.1 Å². The van der Waals surface area contributed by atoms with Crippen LogP contribution in [-0.2, 0) is 11.2 Å². The third-order valence-corrected chi connectivity index (χ3v) is 4.60. The molecule has 1 heterocycles. The number of carbonyl (C=O) groups is 3. The molecule has 0 bridgehead atoms. The molecule has 0 fully saturated rings. The molecule has 1 aliphatic rings. The zero-order valence-electron chi connectivity index (χ0n) is 14.7. The summed E-state index contributed by atoms with van der Waals surface area (Å²) in [6.07, 6.45) is 0.313. The topological polar surface area (TPSA) is 95.5 Å². The Morgan fingerprint density at radius 2 is 1.64 bits per heavy atom. The van der Waals surface area contributed by atoms with Gasteiger partial charge in [-0.1, -0.05) is 30.3 Å². The number of hydrogen-bond donors (Lipinski definition) is 3. The largest absolute Gasteiger partial charge is 0.478 e. The van der Waals surface area contributed by atoms with Gasteiger partial charge in [-0.25, -0.2) is 4.79 Å². The van der Waals surface area contributed by atoms with E-state index in [1.54, 1.807) is 42.5 Å². The summed E-state index contributed by atoms with van der Waals surface area (Å²) in [6.45, 7) is 0. The number of fused-ring (bicyclic) bond motifs is 1. The Kier molecular flexibility index (Phi) is 4.37. The SMILES string of the molecule is O=C1Cc2cc(-c3ccc(C(=O)O)c(NC(=O)c4ccccc4)c3)ccc2N1. The summed E-state index contributed by atoms with van der Waals surface area (Å²) >= 11 is 0. The predicted octanol–water partition coefficient (Wildman–Crippen LogP) is 3.80. The second-order valence-corrected chi connectivity index (χ2v) is 6.48. The molecule has 0 aliphatic carbocycles. The third-order valence-electron chi connectivity index (χ3n) is 4.60. The van der Waals surface area contributed by atoms with Crippen molar-refractivity contribution in [1.82, 2.24) is 0 Å². The van der Waals surface area contributed by atoms with E-state index in [2.05, 4.69) is 10.6 Å². The first-order valence-electron chi connectivity index (χ1n) is 8.68. The summed E-state index contributed by atoms with van der Waals surface area (Å²) in [4.78, 5) is 35.6. The van der Waals surface area contributed by atoms with Crippen LogP contribution in [0.15, 0.2) is 66.7 Å². The molecule has 0 unspecified atom stereocenters. The highest BCUT2D eigenvalue weighted by atomic mass is 16.4. The van der Waals surface area contributed by atoms with Crippen molar-refractivity contribution in [2.45, 2.75) is 6.42 Å². The van der Waals surface area contributed by atoms with Crippen molar-refractivity contribution in [3.63, 3.8) is 0 Å². The van der Waals surface area contributed by atoms with Crippen molar-refractivity contribution in [2.24, 2.45) is 0 Å². The molecule has 0 atom stereocenters. The van der Waals surface area contributed by atoms with Gasteiger partial charge < -0.3 is 15.7 Å². The molecule has 4 rings (SSSR count). The summed E-state index contributed by atoms with van der Waals surface area (Å²) < 4.78 is 0. The Balaban J connectivity index is 1.70. The monoisotopic (exact) mass is 372 g/mol. The number of anilines is 2. The van der Waals surface area contributed by atoms with Gasteiger partial charge in [-0.3, -0.25) is 9.59 Å². The fourth-order valence-corrected chi connectivity index (χ4v) is 3.21. The van der Waals surface area contributed by atoms with Crippen LogP contribution in [-0.4, -0.2) is 22.9 Å². The van der Waals surface area contributed by atoms with E-state index < -0.39 is 5.97 Å². The standard InChI is InChI=1S/C22H16N2O4/c25-20-12-16-10-14(7-9-18(16)23-20)15-6-8-17(22(27)28)19(11-15)24-21(26)13-4-2-1-3-5-13/h1-11H,12H2,(H,23,25)(H,24,26)(H,27,28). The van der Waals surface area contributed by atoms with Crippen molar-refractivity contribution >= 4 is 29.2 Å². The van der Waals surface area contributed by atoms with Crippen molar-refractivity contribution in [1.29, 1.82) is 0 Å². The summed E-state index contributed by atoms with van der Waals surface area (Å²) in [5.41, 5.74) is 3.91. The van der Waals surface area contributed by atoms with Crippen molar-refractivity contribution in [3.8, 4) is 11.1 Å². The van der Waals surface area contributed by atoms with Crippen LogP contribution in [0.5, 0.6) is 0 Å². The Morgan fingerprint density at radius 3 is 2.39 bits per heavy atom. The van der Waals surface area contributed by atoms with E-state index in [0.29, 0.717) is 12.0 Å². The maximum absolute atomic E-state index is 12.5. The van der Waals surface area contributed by atoms with Gasteiger partial charge in [-0.15, -0.1) is 0 Å². The van der Waals surface area contributed by atoms with E-state index >= 15 is 0 Å². The molecule has 0 radical (unpaired) electrons. The smallest absolute Gasteiger partial charge is 0.337 e. The van der Waals surface area contributed by atoms with Gasteiger partial charge in [0.25, 0.3) is 5.91 Å². The molecule has 2 amide bonds. The molecule has 3 N–H and O–H groups in total. The maximum Gasteiger partial charge on any atom is 0.337 e. The van der Waals surface area contributed by atoms with E-state index in [1.165, 1.54) is 6.07 Å². The fourth-order valence-electron chi connectivity index (χ4n) is 3.21. The molecule has 6 nitrogen and oxygen atoms in total. The molecule has 0 saturated carbocycles. The number of aromatic carboxylic acids is 1. The lowest BCUT2D eigenvalue weighted by Gasteiger charge is -2.12. The van der Waals surface area contributed by atoms with E-state index in [1.807, 2.05) is 18.2 Å². The van der Waals surface area contributed by atoms with Gasteiger partial charge in [0, 0.05) is 11.3 Å². The highest BCUT2D eigenvalue weighted by Crippen LogP contribution is 2.31. The van der Waals surface area contributed by atoms with Gasteiger partial charge in [0.05, 0.1) is 17.7 Å². The molecule has 138 valence electrons. The molecule has 3 aromatic carbocycles.